The van der Waals surface area contributed by atoms with E-state index >= 15 is 0 Å². The molecule has 0 aliphatic carbocycles. The number of furan rings is 1. The average molecular weight is 283 g/mol. The van der Waals surface area contributed by atoms with Gasteiger partial charge in [-0.1, -0.05) is 0 Å². The summed E-state index contributed by atoms with van der Waals surface area (Å²) >= 11 is 0. The topological polar surface area (TPSA) is 63.0 Å². The molecule has 0 aliphatic rings. The molecule has 108 valence electrons. The minimum Gasteiger partial charge on any atom is -0.464 e. The fourth-order valence-corrected chi connectivity index (χ4v) is 2.25. The lowest BCUT2D eigenvalue weighted by atomic mass is 10.2. The number of benzene rings is 1. The SMILES string of the molecule is Cc1ccc(C(C)Nc2ccc(-n3cc[nH]c3=O)cc2)o1. The predicted octanol–water partition coefficient (Wildman–Crippen LogP) is 3.24. The molecule has 5 heteroatoms. The van der Waals surface area contributed by atoms with Gasteiger partial charge in [0.25, 0.3) is 0 Å². The highest BCUT2D eigenvalue weighted by molar-refractivity contribution is 5.49. The second-order valence-electron chi connectivity index (χ2n) is 5.00. The molecule has 3 aromatic rings. The lowest BCUT2D eigenvalue weighted by Gasteiger charge is -2.13. The Balaban J connectivity index is 1.76. The van der Waals surface area contributed by atoms with Crippen molar-refractivity contribution in [2.45, 2.75) is 19.9 Å². The summed E-state index contributed by atoms with van der Waals surface area (Å²) in [4.78, 5) is 14.2. The van der Waals surface area contributed by atoms with E-state index in [4.69, 9.17) is 4.42 Å². The van der Waals surface area contributed by atoms with Crippen LogP contribution in [0.2, 0.25) is 0 Å². The first-order valence-electron chi connectivity index (χ1n) is 6.83. The molecule has 21 heavy (non-hydrogen) atoms. The quantitative estimate of drug-likeness (QED) is 0.772. The van der Waals surface area contributed by atoms with Crippen LogP contribution in [-0.4, -0.2) is 9.55 Å². The van der Waals surface area contributed by atoms with Gasteiger partial charge in [-0.3, -0.25) is 4.57 Å². The van der Waals surface area contributed by atoms with Gasteiger partial charge >= 0.3 is 5.69 Å². The number of aromatic amines is 1. The summed E-state index contributed by atoms with van der Waals surface area (Å²) < 4.78 is 7.16. The van der Waals surface area contributed by atoms with Gasteiger partial charge in [-0.05, 0) is 50.2 Å². The Morgan fingerprint density at radius 1 is 1.19 bits per heavy atom. The average Bonchev–Trinajstić information content (AvgIpc) is 3.08. The Kier molecular flexibility index (Phi) is 3.39. The Labute approximate surface area is 122 Å². The van der Waals surface area contributed by atoms with Crippen molar-refractivity contribution in [2.75, 3.05) is 5.32 Å². The first kappa shape index (κ1) is 13.3. The number of H-pyrrole nitrogens is 1. The van der Waals surface area contributed by atoms with E-state index in [1.54, 1.807) is 17.0 Å². The summed E-state index contributed by atoms with van der Waals surface area (Å²) in [6.07, 6.45) is 3.33. The molecule has 0 spiro atoms. The summed E-state index contributed by atoms with van der Waals surface area (Å²) in [7, 11) is 0. The largest absolute Gasteiger partial charge is 0.464 e. The van der Waals surface area contributed by atoms with Crippen molar-refractivity contribution in [1.82, 2.24) is 9.55 Å². The maximum absolute atomic E-state index is 11.5. The molecule has 0 saturated heterocycles. The van der Waals surface area contributed by atoms with Crippen LogP contribution in [0.1, 0.15) is 24.5 Å². The molecule has 0 fully saturated rings. The third kappa shape index (κ3) is 2.76. The summed E-state index contributed by atoms with van der Waals surface area (Å²) in [5, 5.41) is 3.37. The number of rotatable bonds is 4. The van der Waals surface area contributed by atoms with Crippen LogP contribution < -0.4 is 11.0 Å². The van der Waals surface area contributed by atoms with E-state index in [-0.39, 0.29) is 11.7 Å². The van der Waals surface area contributed by atoms with E-state index < -0.39 is 0 Å². The van der Waals surface area contributed by atoms with Gasteiger partial charge in [0.2, 0.25) is 0 Å². The second-order valence-corrected chi connectivity index (χ2v) is 5.00. The monoisotopic (exact) mass is 283 g/mol. The van der Waals surface area contributed by atoms with E-state index in [1.807, 2.05) is 50.2 Å². The van der Waals surface area contributed by atoms with E-state index in [0.717, 1.165) is 22.9 Å². The maximum atomic E-state index is 11.5. The molecule has 1 unspecified atom stereocenters. The number of hydrogen-bond donors (Lipinski definition) is 2. The third-order valence-corrected chi connectivity index (χ3v) is 3.37. The number of hydrogen-bond acceptors (Lipinski definition) is 3. The third-order valence-electron chi connectivity index (χ3n) is 3.37. The lowest BCUT2D eigenvalue weighted by molar-refractivity contribution is 0.467. The number of imidazole rings is 1. The molecule has 1 aromatic carbocycles. The van der Waals surface area contributed by atoms with Crippen LogP contribution in [0.25, 0.3) is 5.69 Å². The van der Waals surface area contributed by atoms with Crippen molar-refractivity contribution in [3.05, 3.63) is 70.8 Å². The molecule has 2 heterocycles. The van der Waals surface area contributed by atoms with Gasteiger partial charge in [0.15, 0.2) is 0 Å². The highest BCUT2D eigenvalue weighted by atomic mass is 16.3. The van der Waals surface area contributed by atoms with Gasteiger partial charge in [-0.15, -0.1) is 0 Å². The molecule has 0 amide bonds. The van der Waals surface area contributed by atoms with Crippen molar-refractivity contribution in [3.8, 4) is 5.69 Å². The van der Waals surface area contributed by atoms with Gasteiger partial charge < -0.3 is 14.7 Å². The smallest absolute Gasteiger partial charge is 0.330 e. The summed E-state index contributed by atoms with van der Waals surface area (Å²) in [5.41, 5.74) is 1.66. The van der Waals surface area contributed by atoms with Crippen LogP contribution in [0.5, 0.6) is 0 Å². The number of aromatic nitrogens is 2. The molecule has 0 radical (unpaired) electrons. The normalized spacial score (nSPS) is 12.3. The summed E-state index contributed by atoms with van der Waals surface area (Å²) in [6.45, 7) is 3.97. The molecule has 0 aliphatic heterocycles. The predicted molar refractivity (Wildman–Crippen MR) is 81.9 cm³/mol. The zero-order valence-electron chi connectivity index (χ0n) is 12.0. The van der Waals surface area contributed by atoms with Crippen LogP contribution in [0.4, 0.5) is 5.69 Å². The highest BCUT2D eigenvalue weighted by Crippen LogP contribution is 2.21. The van der Waals surface area contributed by atoms with E-state index in [9.17, 15) is 4.79 Å². The Hall–Kier alpha value is -2.69. The zero-order valence-corrected chi connectivity index (χ0v) is 12.0. The van der Waals surface area contributed by atoms with Gasteiger partial charge in [-0.2, -0.15) is 0 Å². The van der Waals surface area contributed by atoms with Gasteiger partial charge in [0.05, 0.1) is 11.7 Å². The molecule has 5 nitrogen and oxygen atoms in total. The molecule has 0 bridgehead atoms. The summed E-state index contributed by atoms with van der Waals surface area (Å²) in [6, 6.07) is 11.7. The van der Waals surface area contributed by atoms with Crippen LogP contribution in [-0.2, 0) is 0 Å². The first-order chi connectivity index (χ1) is 10.1. The molecule has 1 atom stereocenters. The van der Waals surface area contributed by atoms with Crippen molar-refractivity contribution in [2.24, 2.45) is 0 Å². The standard InChI is InChI=1S/C16H17N3O2/c1-11-3-8-15(21-11)12(2)18-13-4-6-14(7-5-13)19-10-9-17-16(19)20/h3-10,12,18H,1-2H3,(H,17,20). The van der Waals surface area contributed by atoms with Crippen LogP contribution in [0.15, 0.2) is 58.0 Å². The second kappa shape index (κ2) is 5.36. The van der Waals surface area contributed by atoms with Crippen molar-refractivity contribution in [3.63, 3.8) is 0 Å². The first-order valence-corrected chi connectivity index (χ1v) is 6.83. The van der Waals surface area contributed by atoms with Crippen molar-refractivity contribution in [1.29, 1.82) is 0 Å². The molecule has 0 saturated carbocycles. The van der Waals surface area contributed by atoms with E-state index in [1.165, 1.54) is 0 Å². The van der Waals surface area contributed by atoms with Gasteiger partial charge in [0, 0.05) is 18.1 Å². The maximum Gasteiger partial charge on any atom is 0.330 e. The van der Waals surface area contributed by atoms with E-state index in [2.05, 4.69) is 10.3 Å². The van der Waals surface area contributed by atoms with Crippen LogP contribution in [0, 0.1) is 6.92 Å². The summed E-state index contributed by atoms with van der Waals surface area (Å²) in [5.74, 6) is 1.80. The van der Waals surface area contributed by atoms with Crippen LogP contribution >= 0.6 is 0 Å². The molecular formula is C16H17N3O2. The van der Waals surface area contributed by atoms with Crippen molar-refractivity contribution < 1.29 is 4.42 Å². The Bertz CT molecular complexity index is 780. The Morgan fingerprint density at radius 2 is 1.95 bits per heavy atom. The Morgan fingerprint density at radius 3 is 2.52 bits per heavy atom. The number of nitrogens with zero attached hydrogens (tertiary/aromatic N) is 1. The fraction of sp³-hybridized carbons (Fsp3) is 0.188. The minimum absolute atomic E-state index is 0.0829. The number of anilines is 1. The van der Waals surface area contributed by atoms with Crippen LogP contribution in [0.3, 0.4) is 0 Å². The minimum atomic E-state index is -0.143. The molecule has 3 rings (SSSR count). The number of aryl methyl sites for hydroxylation is 1. The van der Waals surface area contributed by atoms with Gasteiger partial charge in [-0.25, -0.2) is 4.79 Å². The van der Waals surface area contributed by atoms with E-state index in [0.29, 0.717) is 0 Å². The van der Waals surface area contributed by atoms with Gasteiger partial charge in [0.1, 0.15) is 11.5 Å². The fourth-order valence-electron chi connectivity index (χ4n) is 2.25. The molecule has 2 aromatic heterocycles. The lowest BCUT2D eigenvalue weighted by Crippen LogP contribution is -2.14. The van der Waals surface area contributed by atoms with Crippen molar-refractivity contribution >= 4 is 5.69 Å². The molecular weight excluding hydrogens is 266 g/mol. The zero-order chi connectivity index (χ0) is 14.8. The highest BCUT2D eigenvalue weighted by Gasteiger charge is 2.09. The molecule has 2 N–H and O–H groups in total. The number of nitrogens with one attached hydrogen (secondary N) is 2.